The SMILES string of the molecule is Cc1[nH]c(CS)nc1-c1ccc2c(c1)OCO2. The van der Waals surface area contributed by atoms with Crippen molar-refractivity contribution in [3.63, 3.8) is 0 Å². The molecule has 1 aliphatic rings. The summed E-state index contributed by atoms with van der Waals surface area (Å²) in [6, 6.07) is 5.85. The summed E-state index contributed by atoms with van der Waals surface area (Å²) < 4.78 is 10.6. The number of nitrogens with zero attached hydrogens (tertiary/aromatic N) is 1. The number of ether oxygens (including phenoxy) is 2. The van der Waals surface area contributed by atoms with E-state index in [1.165, 1.54) is 0 Å². The predicted molar refractivity (Wildman–Crippen MR) is 67.6 cm³/mol. The predicted octanol–water partition coefficient (Wildman–Crippen LogP) is 2.54. The first kappa shape index (κ1) is 10.5. The summed E-state index contributed by atoms with van der Waals surface area (Å²) >= 11 is 4.21. The van der Waals surface area contributed by atoms with E-state index < -0.39 is 0 Å². The summed E-state index contributed by atoms with van der Waals surface area (Å²) in [5.74, 6) is 3.04. The number of H-pyrrole nitrogens is 1. The minimum Gasteiger partial charge on any atom is -0.454 e. The van der Waals surface area contributed by atoms with Crippen molar-refractivity contribution in [3.05, 3.63) is 29.7 Å². The van der Waals surface area contributed by atoms with Crippen molar-refractivity contribution in [2.24, 2.45) is 0 Å². The van der Waals surface area contributed by atoms with Crippen LogP contribution in [0.15, 0.2) is 18.2 Å². The molecule has 0 fully saturated rings. The van der Waals surface area contributed by atoms with Gasteiger partial charge in [0, 0.05) is 17.0 Å². The molecule has 5 heteroatoms. The van der Waals surface area contributed by atoms with E-state index in [2.05, 4.69) is 22.6 Å². The van der Waals surface area contributed by atoms with Crippen LogP contribution < -0.4 is 9.47 Å². The van der Waals surface area contributed by atoms with Crippen molar-refractivity contribution in [2.75, 3.05) is 6.79 Å². The monoisotopic (exact) mass is 248 g/mol. The zero-order valence-corrected chi connectivity index (χ0v) is 10.3. The van der Waals surface area contributed by atoms with Crippen molar-refractivity contribution >= 4 is 12.6 Å². The average Bonchev–Trinajstić information content (AvgIpc) is 2.93. The third kappa shape index (κ3) is 1.76. The molecule has 3 rings (SSSR count). The first-order valence-electron chi connectivity index (χ1n) is 5.34. The number of aryl methyl sites for hydroxylation is 1. The molecule has 88 valence electrons. The Labute approximate surface area is 104 Å². The minimum atomic E-state index is 0.292. The number of rotatable bonds is 2. The number of aromatic amines is 1. The lowest BCUT2D eigenvalue weighted by Crippen LogP contribution is -1.92. The van der Waals surface area contributed by atoms with Crippen LogP contribution in [0.1, 0.15) is 11.5 Å². The van der Waals surface area contributed by atoms with Crippen molar-refractivity contribution < 1.29 is 9.47 Å². The number of benzene rings is 1. The number of nitrogens with one attached hydrogen (secondary N) is 1. The highest BCUT2D eigenvalue weighted by molar-refractivity contribution is 7.79. The highest BCUT2D eigenvalue weighted by Gasteiger charge is 2.16. The van der Waals surface area contributed by atoms with E-state index in [4.69, 9.17) is 9.47 Å². The lowest BCUT2D eigenvalue weighted by atomic mass is 10.1. The molecule has 0 saturated heterocycles. The van der Waals surface area contributed by atoms with E-state index in [1.54, 1.807) is 0 Å². The van der Waals surface area contributed by atoms with E-state index in [1.807, 2.05) is 25.1 Å². The second kappa shape index (κ2) is 4.00. The van der Waals surface area contributed by atoms with Crippen LogP contribution in [0.5, 0.6) is 11.5 Å². The molecule has 1 aromatic heterocycles. The number of aromatic nitrogens is 2. The maximum atomic E-state index is 5.36. The zero-order valence-electron chi connectivity index (χ0n) is 9.36. The molecular formula is C12H12N2O2S. The molecule has 17 heavy (non-hydrogen) atoms. The minimum absolute atomic E-state index is 0.292. The molecule has 1 aliphatic heterocycles. The molecule has 1 N–H and O–H groups in total. The molecule has 0 saturated carbocycles. The number of hydrogen-bond acceptors (Lipinski definition) is 4. The van der Waals surface area contributed by atoms with Crippen molar-refractivity contribution in [2.45, 2.75) is 12.7 Å². The van der Waals surface area contributed by atoms with Crippen LogP contribution in [0.2, 0.25) is 0 Å². The van der Waals surface area contributed by atoms with Crippen molar-refractivity contribution in [1.29, 1.82) is 0 Å². The highest BCUT2D eigenvalue weighted by atomic mass is 32.1. The fraction of sp³-hybridized carbons (Fsp3) is 0.250. The average molecular weight is 248 g/mol. The molecule has 0 radical (unpaired) electrons. The fourth-order valence-corrected chi connectivity index (χ4v) is 2.07. The summed E-state index contributed by atoms with van der Waals surface area (Å²) in [6.45, 7) is 2.29. The van der Waals surface area contributed by atoms with Gasteiger partial charge in [-0.05, 0) is 25.1 Å². The summed E-state index contributed by atoms with van der Waals surface area (Å²) in [5.41, 5.74) is 3.00. The smallest absolute Gasteiger partial charge is 0.231 e. The highest BCUT2D eigenvalue weighted by Crippen LogP contribution is 2.36. The topological polar surface area (TPSA) is 47.1 Å². The van der Waals surface area contributed by atoms with Gasteiger partial charge in [0.2, 0.25) is 6.79 Å². The quantitative estimate of drug-likeness (QED) is 0.803. The third-order valence-electron chi connectivity index (χ3n) is 2.73. The summed E-state index contributed by atoms with van der Waals surface area (Å²) in [5, 5.41) is 0. The van der Waals surface area contributed by atoms with Gasteiger partial charge in [-0.1, -0.05) is 0 Å². The molecule has 0 aliphatic carbocycles. The Balaban J connectivity index is 2.06. The molecule has 2 heterocycles. The molecule has 0 spiro atoms. The molecule has 0 unspecified atom stereocenters. The molecule has 0 amide bonds. The Morgan fingerprint density at radius 1 is 1.35 bits per heavy atom. The lowest BCUT2D eigenvalue weighted by Gasteiger charge is -2.00. The molecular weight excluding hydrogens is 236 g/mol. The van der Waals surface area contributed by atoms with Crippen LogP contribution >= 0.6 is 12.6 Å². The van der Waals surface area contributed by atoms with Crippen LogP contribution in [0.25, 0.3) is 11.3 Å². The van der Waals surface area contributed by atoms with Gasteiger partial charge in [-0.25, -0.2) is 4.98 Å². The Bertz CT molecular complexity index is 566. The first-order valence-corrected chi connectivity index (χ1v) is 5.97. The standard InChI is InChI=1S/C12H12N2O2S/c1-7-12(14-11(5-17)13-7)8-2-3-9-10(4-8)16-6-15-9/h2-4,17H,5-6H2,1H3,(H,13,14). The largest absolute Gasteiger partial charge is 0.454 e. The third-order valence-corrected chi connectivity index (χ3v) is 3.03. The summed E-state index contributed by atoms with van der Waals surface area (Å²) in [7, 11) is 0. The van der Waals surface area contributed by atoms with E-state index in [0.717, 1.165) is 34.3 Å². The zero-order chi connectivity index (χ0) is 11.8. The molecule has 0 atom stereocenters. The van der Waals surface area contributed by atoms with Gasteiger partial charge in [0.1, 0.15) is 5.82 Å². The summed E-state index contributed by atoms with van der Waals surface area (Å²) in [4.78, 5) is 7.70. The summed E-state index contributed by atoms with van der Waals surface area (Å²) in [6.07, 6.45) is 0. The van der Waals surface area contributed by atoms with Crippen molar-refractivity contribution in [3.8, 4) is 22.8 Å². The number of hydrogen-bond donors (Lipinski definition) is 2. The molecule has 2 aromatic rings. The van der Waals surface area contributed by atoms with Gasteiger partial charge >= 0.3 is 0 Å². The van der Waals surface area contributed by atoms with E-state index >= 15 is 0 Å². The first-order chi connectivity index (χ1) is 8.28. The van der Waals surface area contributed by atoms with Crippen molar-refractivity contribution in [1.82, 2.24) is 9.97 Å². The van der Waals surface area contributed by atoms with E-state index in [0.29, 0.717) is 12.5 Å². The Kier molecular flexibility index (Phi) is 2.48. The van der Waals surface area contributed by atoms with Gasteiger partial charge in [-0.3, -0.25) is 0 Å². The van der Waals surface area contributed by atoms with Crippen LogP contribution in [0.3, 0.4) is 0 Å². The Morgan fingerprint density at radius 2 is 2.18 bits per heavy atom. The normalized spacial score (nSPS) is 13.1. The second-order valence-corrected chi connectivity index (χ2v) is 4.20. The van der Waals surface area contributed by atoms with Gasteiger partial charge in [0.05, 0.1) is 5.69 Å². The number of thiol groups is 1. The van der Waals surface area contributed by atoms with Gasteiger partial charge < -0.3 is 14.5 Å². The van der Waals surface area contributed by atoms with Gasteiger partial charge in [0.25, 0.3) is 0 Å². The van der Waals surface area contributed by atoms with E-state index in [-0.39, 0.29) is 0 Å². The van der Waals surface area contributed by atoms with Crippen LogP contribution in [-0.4, -0.2) is 16.8 Å². The lowest BCUT2D eigenvalue weighted by molar-refractivity contribution is 0.174. The number of imidazole rings is 1. The fourth-order valence-electron chi connectivity index (χ4n) is 1.92. The van der Waals surface area contributed by atoms with E-state index in [9.17, 15) is 0 Å². The Hall–Kier alpha value is -1.62. The van der Waals surface area contributed by atoms with Crippen LogP contribution in [-0.2, 0) is 5.75 Å². The van der Waals surface area contributed by atoms with Gasteiger partial charge in [-0.2, -0.15) is 12.6 Å². The molecule has 4 nitrogen and oxygen atoms in total. The number of fused-ring (bicyclic) bond motifs is 1. The maximum Gasteiger partial charge on any atom is 0.231 e. The maximum absolute atomic E-state index is 5.36. The van der Waals surface area contributed by atoms with Gasteiger partial charge in [0.15, 0.2) is 11.5 Å². The Morgan fingerprint density at radius 3 is 2.94 bits per heavy atom. The van der Waals surface area contributed by atoms with Crippen LogP contribution in [0.4, 0.5) is 0 Å². The van der Waals surface area contributed by atoms with Crippen LogP contribution in [0, 0.1) is 6.92 Å². The van der Waals surface area contributed by atoms with Gasteiger partial charge in [-0.15, -0.1) is 0 Å². The second-order valence-electron chi connectivity index (χ2n) is 3.88. The molecule has 0 bridgehead atoms. The molecule has 1 aromatic carbocycles.